The van der Waals surface area contributed by atoms with Gasteiger partial charge < -0.3 is 19.9 Å². The number of thioether (sulfide) groups is 1. The van der Waals surface area contributed by atoms with Crippen molar-refractivity contribution < 1.29 is 18.3 Å². The fraction of sp³-hybridized carbons (Fsp3) is 0.345. The Kier molecular flexibility index (Phi) is 8.42. The van der Waals surface area contributed by atoms with Gasteiger partial charge in [-0.1, -0.05) is 36.9 Å². The van der Waals surface area contributed by atoms with E-state index in [2.05, 4.69) is 20.6 Å². The Hall–Kier alpha value is -3.50. The molecule has 0 aliphatic carbocycles. The van der Waals surface area contributed by atoms with Crippen molar-refractivity contribution in [1.29, 1.82) is 0 Å². The molecule has 3 aliphatic rings. The molecule has 1 saturated heterocycles. The molecule has 1 fully saturated rings. The first-order chi connectivity index (χ1) is 18.9. The molecular weight excluding hydrogens is 520 g/mol. The molecule has 2 aromatic rings. The maximum atomic E-state index is 14.6. The van der Waals surface area contributed by atoms with E-state index in [9.17, 15) is 13.6 Å². The van der Waals surface area contributed by atoms with E-state index in [4.69, 9.17) is 4.74 Å². The number of fused-ring (bicyclic) bond motifs is 1. The third-order valence-electron chi connectivity index (χ3n) is 6.82. The summed E-state index contributed by atoms with van der Waals surface area (Å²) in [5.74, 6) is -0.0793. The van der Waals surface area contributed by atoms with E-state index in [-0.39, 0.29) is 11.7 Å². The van der Waals surface area contributed by atoms with Gasteiger partial charge in [0, 0.05) is 48.6 Å². The number of nitrogens with zero attached hydrogens (tertiary/aromatic N) is 3. The van der Waals surface area contributed by atoms with Crippen molar-refractivity contribution in [2.45, 2.75) is 56.1 Å². The van der Waals surface area contributed by atoms with Crippen molar-refractivity contribution >= 4 is 29.0 Å². The summed E-state index contributed by atoms with van der Waals surface area (Å²) in [6, 6.07) is 13.1. The van der Waals surface area contributed by atoms with E-state index >= 15 is 0 Å². The summed E-state index contributed by atoms with van der Waals surface area (Å²) in [7, 11) is 0. The van der Waals surface area contributed by atoms with Crippen LogP contribution in [-0.4, -0.2) is 39.7 Å². The van der Waals surface area contributed by atoms with Gasteiger partial charge in [-0.3, -0.25) is 4.79 Å². The van der Waals surface area contributed by atoms with Crippen LogP contribution in [0.4, 0.5) is 20.2 Å². The zero-order valence-electron chi connectivity index (χ0n) is 21.9. The molecule has 10 heteroatoms. The van der Waals surface area contributed by atoms with Crippen molar-refractivity contribution in [3.63, 3.8) is 0 Å². The predicted molar refractivity (Wildman–Crippen MR) is 149 cm³/mol. The fourth-order valence-corrected chi connectivity index (χ4v) is 5.46. The van der Waals surface area contributed by atoms with Crippen LogP contribution >= 0.6 is 11.8 Å². The van der Waals surface area contributed by atoms with Gasteiger partial charge >= 0.3 is 0 Å². The molecular formula is C29H31F2N5O2S. The van der Waals surface area contributed by atoms with Gasteiger partial charge in [-0.2, -0.15) is 0 Å². The maximum Gasteiger partial charge on any atom is 0.247 e. The number of benzene rings is 2. The zero-order chi connectivity index (χ0) is 27.4. The van der Waals surface area contributed by atoms with Crippen molar-refractivity contribution in [3.05, 3.63) is 77.5 Å². The SMILES string of the molecule is CCC(C(=O)Nc1cc(NC2CCOCC2)ccc1C)n1cc(F)cc2nc(SCc3ccc(F)cc3)nc1-2. The Balaban J connectivity index is 1.34. The molecule has 0 saturated carbocycles. The Morgan fingerprint density at radius 2 is 1.87 bits per heavy atom. The first-order valence-corrected chi connectivity index (χ1v) is 14.1. The van der Waals surface area contributed by atoms with Crippen LogP contribution in [0.3, 0.4) is 0 Å². The lowest BCUT2D eigenvalue weighted by Crippen LogP contribution is -2.28. The minimum atomic E-state index is -0.693. The van der Waals surface area contributed by atoms with Crippen LogP contribution in [0.5, 0.6) is 0 Å². The molecule has 7 nitrogen and oxygen atoms in total. The van der Waals surface area contributed by atoms with Gasteiger partial charge in [0.25, 0.3) is 0 Å². The number of anilines is 2. The highest BCUT2D eigenvalue weighted by Crippen LogP contribution is 2.31. The molecule has 3 aliphatic heterocycles. The molecule has 1 atom stereocenters. The predicted octanol–water partition coefficient (Wildman–Crippen LogP) is 6.44. The van der Waals surface area contributed by atoms with Crippen LogP contribution in [0.15, 0.2) is 59.9 Å². The number of aromatic nitrogens is 3. The maximum absolute atomic E-state index is 14.6. The van der Waals surface area contributed by atoms with Gasteiger partial charge in [-0.05, 0) is 61.6 Å². The first-order valence-electron chi connectivity index (χ1n) is 13.1. The van der Waals surface area contributed by atoms with Crippen LogP contribution in [0.25, 0.3) is 11.5 Å². The lowest BCUT2D eigenvalue weighted by atomic mass is 10.1. The van der Waals surface area contributed by atoms with Crippen LogP contribution in [0, 0.1) is 18.6 Å². The third kappa shape index (κ3) is 6.57. The number of ether oxygens (including phenoxy) is 1. The number of carbonyl (C=O) groups is 1. The number of hydrogen-bond acceptors (Lipinski definition) is 6. The average Bonchev–Trinajstić information content (AvgIpc) is 3.34. The smallest absolute Gasteiger partial charge is 0.247 e. The van der Waals surface area contributed by atoms with Crippen LogP contribution in [-0.2, 0) is 15.3 Å². The van der Waals surface area contributed by atoms with E-state index in [1.807, 2.05) is 32.0 Å². The molecule has 3 heterocycles. The van der Waals surface area contributed by atoms with Gasteiger partial charge in [-0.25, -0.2) is 18.7 Å². The first kappa shape index (κ1) is 27.1. The monoisotopic (exact) mass is 551 g/mol. The highest BCUT2D eigenvalue weighted by atomic mass is 32.2. The van der Waals surface area contributed by atoms with Gasteiger partial charge in [0.05, 0.1) is 0 Å². The summed E-state index contributed by atoms with van der Waals surface area (Å²) >= 11 is 1.37. The zero-order valence-corrected chi connectivity index (χ0v) is 22.7. The Morgan fingerprint density at radius 3 is 2.62 bits per heavy atom. The molecule has 2 aromatic carbocycles. The lowest BCUT2D eigenvalue weighted by Gasteiger charge is -2.25. The van der Waals surface area contributed by atoms with Gasteiger partial charge in [0.1, 0.15) is 23.4 Å². The van der Waals surface area contributed by atoms with Crippen LogP contribution < -0.4 is 10.6 Å². The number of pyridine rings is 1. The molecule has 0 aromatic heterocycles. The molecule has 0 radical (unpaired) electrons. The standard InChI is InChI=1S/C29H31F2N5O2S/c1-3-26(28(37)33-24-15-23(9-4-18(24)2)32-22-10-12-38-13-11-22)36-16-21(31)14-25-27(36)35-29(34-25)39-17-19-5-7-20(30)8-6-19/h4-9,14-16,22,26,32H,3,10-13,17H2,1-2H3,(H,33,37). The minimum Gasteiger partial charge on any atom is -0.382 e. The number of aryl methyl sites for hydroxylation is 1. The van der Waals surface area contributed by atoms with E-state index < -0.39 is 11.9 Å². The second kappa shape index (κ2) is 12.1. The molecule has 5 rings (SSSR count). The van der Waals surface area contributed by atoms with Crippen LogP contribution in [0.2, 0.25) is 0 Å². The van der Waals surface area contributed by atoms with Crippen molar-refractivity contribution in [1.82, 2.24) is 14.5 Å². The number of nitrogens with one attached hydrogen (secondary N) is 2. The molecule has 2 N–H and O–H groups in total. The topological polar surface area (TPSA) is 81.1 Å². The summed E-state index contributed by atoms with van der Waals surface area (Å²) in [5.41, 5.74) is 3.86. The van der Waals surface area contributed by atoms with Crippen molar-refractivity contribution in [2.24, 2.45) is 0 Å². The number of hydrogen-bond donors (Lipinski definition) is 2. The van der Waals surface area contributed by atoms with Gasteiger partial charge in [0.2, 0.25) is 5.91 Å². The summed E-state index contributed by atoms with van der Waals surface area (Å²) in [6.07, 6.45) is 3.60. The lowest BCUT2D eigenvalue weighted by molar-refractivity contribution is -0.119. The van der Waals surface area contributed by atoms with Crippen molar-refractivity contribution in [2.75, 3.05) is 23.8 Å². The second-order valence-electron chi connectivity index (χ2n) is 9.67. The Labute approximate surface area is 230 Å². The van der Waals surface area contributed by atoms with E-state index in [1.54, 1.807) is 16.7 Å². The number of amides is 1. The highest BCUT2D eigenvalue weighted by Gasteiger charge is 2.26. The Morgan fingerprint density at radius 1 is 1.10 bits per heavy atom. The summed E-state index contributed by atoms with van der Waals surface area (Å²) in [6.45, 7) is 5.30. The molecule has 1 amide bonds. The number of halogens is 2. The highest BCUT2D eigenvalue weighted by molar-refractivity contribution is 7.98. The molecule has 39 heavy (non-hydrogen) atoms. The third-order valence-corrected chi connectivity index (χ3v) is 7.74. The Bertz CT molecular complexity index is 1410. The number of carbonyl (C=O) groups excluding carboxylic acids is 1. The van der Waals surface area contributed by atoms with E-state index in [0.29, 0.717) is 40.6 Å². The van der Waals surface area contributed by atoms with E-state index in [0.717, 1.165) is 42.9 Å². The average molecular weight is 552 g/mol. The summed E-state index contributed by atoms with van der Waals surface area (Å²) in [5, 5.41) is 7.05. The minimum absolute atomic E-state index is 0.260. The quantitative estimate of drug-likeness (QED) is 0.233. The summed E-state index contributed by atoms with van der Waals surface area (Å²) in [4.78, 5) is 22.6. The van der Waals surface area contributed by atoms with Crippen molar-refractivity contribution in [3.8, 4) is 11.5 Å². The second-order valence-corrected chi connectivity index (χ2v) is 10.6. The molecule has 204 valence electrons. The number of imidazole rings is 1. The van der Waals surface area contributed by atoms with Gasteiger partial charge in [-0.15, -0.1) is 0 Å². The summed E-state index contributed by atoms with van der Waals surface area (Å²) < 4.78 is 34.9. The normalized spacial score (nSPS) is 14.9. The largest absolute Gasteiger partial charge is 0.382 e. The van der Waals surface area contributed by atoms with Crippen LogP contribution in [0.1, 0.15) is 43.4 Å². The molecule has 0 spiro atoms. The van der Waals surface area contributed by atoms with Gasteiger partial charge in [0.15, 0.2) is 11.0 Å². The molecule has 0 bridgehead atoms. The van der Waals surface area contributed by atoms with E-state index in [1.165, 1.54) is 36.2 Å². The molecule has 1 unspecified atom stereocenters. The number of rotatable bonds is 9. The fourth-order valence-electron chi connectivity index (χ4n) is 4.65.